The molecule has 10 heteroatoms. The lowest BCUT2D eigenvalue weighted by Gasteiger charge is -2.26. The van der Waals surface area contributed by atoms with Crippen LogP contribution in [0.25, 0.3) is 6.08 Å². The van der Waals surface area contributed by atoms with E-state index in [0.29, 0.717) is 5.56 Å². The van der Waals surface area contributed by atoms with E-state index in [1.165, 1.54) is 30.3 Å². The molecule has 0 aliphatic carbocycles. The summed E-state index contributed by atoms with van der Waals surface area (Å²) in [6.45, 7) is -0.187. The lowest BCUT2D eigenvalue weighted by atomic mass is 10.1. The Morgan fingerprint density at radius 3 is 2.46 bits per heavy atom. The van der Waals surface area contributed by atoms with Crippen LogP contribution in [-0.2, 0) is 16.1 Å². The van der Waals surface area contributed by atoms with Gasteiger partial charge in [-0.1, -0.05) is 12.1 Å². The van der Waals surface area contributed by atoms with Gasteiger partial charge in [0.05, 0.1) is 12.6 Å². The number of amides is 4. The minimum absolute atomic E-state index is 0.0914. The first-order valence-electron chi connectivity index (χ1n) is 7.22. The number of nitrogens with one attached hydrogen (secondary N) is 1. The second-order valence-corrected chi connectivity index (χ2v) is 5.27. The number of hydrogen-bond acceptors (Lipinski definition) is 6. The van der Waals surface area contributed by atoms with Crippen molar-refractivity contribution < 1.29 is 28.1 Å². The van der Waals surface area contributed by atoms with Gasteiger partial charge < -0.3 is 4.42 Å². The summed E-state index contributed by atoms with van der Waals surface area (Å²) < 4.78 is 17.8. The minimum atomic E-state index is -0.950. The predicted octanol–water partition coefficient (Wildman–Crippen LogP) is 1.99. The van der Waals surface area contributed by atoms with Gasteiger partial charge in [0.25, 0.3) is 11.8 Å². The summed E-state index contributed by atoms with van der Waals surface area (Å²) in [4.78, 5) is 47.0. The number of urea groups is 1. The molecule has 132 valence electrons. The van der Waals surface area contributed by atoms with E-state index >= 15 is 0 Å². The van der Waals surface area contributed by atoms with E-state index in [4.69, 9.17) is 4.42 Å². The number of nitrogens with zero attached hydrogens (tertiary/aromatic N) is 2. The number of carbonyl (C=O) groups is 3. The van der Waals surface area contributed by atoms with Crippen LogP contribution in [0.3, 0.4) is 0 Å². The molecule has 1 aromatic carbocycles. The topological polar surface area (TPSA) is 123 Å². The summed E-state index contributed by atoms with van der Waals surface area (Å²) in [5, 5.41) is 12.6. The lowest BCUT2D eigenvalue weighted by molar-refractivity contribution is -0.402. The number of hydrogen-bond donors (Lipinski definition) is 1. The minimum Gasteiger partial charge on any atom is -0.401 e. The standard InChI is InChI=1S/C16H10FN3O6/c17-10-3-1-9(2-4-10)8-19-15(22)12(14(21)18-16(19)23)7-11-5-6-13(26-11)20(24)25/h1-7H,8H2,(H,18,21,23)/b12-7+. The van der Waals surface area contributed by atoms with Crippen molar-refractivity contribution in [2.45, 2.75) is 6.54 Å². The van der Waals surface area contributed by atoms with Gasteiger partial charge in [-0.2, -0.15) is 0 Å². The maximum absolute atomic E-state index is 13.0. The Balaban J connectivity index is 1.88. The molecule has 0 spiro atoms. The molecule has 2 heterocycles. The smallest absolute Gasteiger partial charge is 0.401 e. The molecule has 1 saturated heterocycles. The largest absolute Gasteiger partial charge is 0.433 e. The lowest BCUT2D eigenvalue weighted by Crippen LogP contribution is -2.53. The Hall–Kier alpha value is -3.82. The van der Waals surface area contributed by atoms with E-state index in [0.717, 1.165) is 17.0 Å². The Bertz CT molecular complexity index is 947. The number of nitro groups is 1. The zero-order chi connectivity index (χ0) is 18.8. The van der Waals surface area contributed by atoms with Crippen molar-refractivity contribution in [3.05, 3.63) is 69.2 Å². The highest BCUT2D eigenvalue weighted by Gasteiger charge is 2.36. The number of furan rings is 1. The fraction of sp³-hybridized carbons (Fsp3) is 0.0625. The van der Waals surface area contributed by atoms with Crippen molar-refractivity contribution >= 4 is 29.8 Å². The van der Waals surface area contributed by atoms with Crippen LogP contribution in [0.5, 0.6) is 0 Å². The molecule has 9 nitrogen and oxygen atoms in total. The Morgan fingerprint density at radius 1 is 1.15 bits per heavy atom. The summed E-state index contributed by atoms with van der Waals surface area (Å²) in [5.74, 6) is -2.97. The Morgan fingerprint density at radius 2 is 1.85 bits per heavy atom. The molecule has 0 bridgehead atoms. The van der Waals surface area contributed by atoms with Gasteiger partial charge in [0.1, 0.15) is 22.1 Å². The summed E-state index contributed by atoms with van der Waals surface area (Å²) in [7, 11) is 0. The van der Waals surface area contributed by atoms with Crippen LogP contribution < -0.4 is 5.32 Å². The zero-order valence-corrected chi connectivity index (χ0v) is 13.0. The van der Waals surface area contributed by atoms with E-state index in [1.807, 2.05) is 5.32 Å². The molecule has 4 amide bonds. The normalized spacial score (nSPS) is 16.1. The molecular weight excluding hydrogens is 349 g/mol. The van der Waals surface area contributed by atoms with Gasteiger partial charge in [-0.15, -0.1) is 0 Å². The first-order valence-corrected chi connectivity index (χ1v) is 7.22. The summed E-state index contributed by atoms with van der Waals surface area (Å²) in [5.41, 5.74) is 0.0493. The average molecular weight is 359 g/mol. The van der Waals surface area contributed by atoms with Gasteiger partial charge in [-0.3, -0.25) is 29.9 Å². The van der Waals surface area contributed by atoms with Crippen LogP contribution in [0.1, 0.15) is 11.3 Å². The maximum atomic E-state index is 13.0. The van der Waals surface area contributed by atoms with E-state index in [-0.39, 0.29) is 12.3 Å². The number of halogens is 1. The molecule has 0 unspecified atom stereocenters. The monoisotopic (exact) mass is 359 g/mol. The summed E-state index contributed by atoms with van der Waals surface area (Å²) in [6.07, 6.45) is 1.01. The number of rotatable bonds is 4. The van der Waals surface area contributed by atoms with E-state index in [2.05, 4.69) is 0 Å². The molecule has 3 rings (SSSR count). The summed E-state index contributed by atoms with van der Waals surface area (Å²) >= 11 is 0. The van der Waals surface area contributed by atoms with E-state index in [1.54, 1.807) is 0 Å². The average Bonchev–Trinajstić information content (AvgIpc) is 3.06. The van der Waals surface area contributed by atoms with Crippen LogP contribution >= 0.6 is 0 Å². The van der Waals surface area contributed by atoms with Gasteiger partial charge in [-0.05, 0) is 29.8 Å². The molecule has 1 aliphatic rings. The van der Waals surface area contributed by atoms with Crippen molar-refractivity contribution in [2.75, 3.05) is 0 Å². The van der Waals surface area contributed by atoms with Gasteiger partial charge in [0.2, 0.25) is 0 Å². The number of barbiturate groups is 1. The third kappa shape index (κ3) is 3.34. The second kappa shape index (κ2) is 6.59. The molecule has 1 aromatic heterocycles. The molecular formula is C16H10FN3O6. The van der Waals surface area contributed by atoms with Crippen molar-refractivity contribution in [3.63, 3.8) is 0 Å². The second-order valence-electron chi connectivity index (χ2n) is 5.27. The van der Waals surface area contributed by atoms with Crippen molar-refractivity contribution in [1.82, 2.24) is 10.2 Å². The molecule has 2 aromatic rings. The highest BCUT2D eigenvalue weighted by Crippen LogP contribution is 2.21. The van der Waals surface area contributed by atoms with E-state index < -0.39 is 40.0 Å². The fourth-order valence-corrected chi connectivity index (χ4v) is 2.27. The first-order chi connectivity index (χ1) is 12.3. The summed E-state index contributed by atoms with van der Waals surface area (Å²) in [6, 6.07) is 6.49. The molecule has 0 saturated carbocycles. The molecule has 26 heavy (non-hydrogen) atoms. The third-order valence-electron chi connectivity index (χ3n) is 3.52. The Kier molecular flexibility index (Phi) is 4.31. The predicted molar refractivity (Wildman–Crippen MR) is 83.8 cm³/mol. The Labute approximate surface area is 144 Å². The van der Waals surface area contributed by atoms with Crippen LogP contribution in [0, 0.1) is 15.9 Å². The first kappa shape index (κ1) is 17.0. The molecule has 0 radical (unpaired) electrons. The van der Waals surface area contributed by atoms with Crippen LogP contribution in [-0.4, -0.2) is 27.7 Å². The van der Waals surface area contributed by atoms with Crippen molar-refractivity contribution in [3.8, 4) is 0 Å². The van der Waals surface area contributed by atoms with Crippen LogP contribution in [0.2, 0.25) is 0 Å². The zero-order valence-electron chi connectivity index (χ0n) is 13.0. The van der Waals surface area contributed by atoms with Crippen molar-refractivity contribution in [1.29, 1.82) is 0 Å². The SMILES string of the molecule is O=C1NC(=O)N(Cc2ccc(F)cc2)C(=O)/C1=C/c1ccc([N+](=O)[O-])o1. The molecule has 0 atom stereocenters. The third-order valence-corrected chi connectivity index (χ3v) is 3.52. The number of carbonyl (C=O) groups excluding carboxylic acids is 3. The van der Waals surface area contributed by atoms with Gasteiger partial charge in [-0.25, -0.2) is 9.18 Å². The molecule has 1 aliphatic heterocycles. The van der Waals surface area contributed by atoms with Crippen LogP contribution in [0.15, 0.2) is 46.4 Å². The maximum Gasteiger partial charge on any atom is 0.433 e. The highest BCUT2D eigenvalue weighted by atomic mass is 19.1. The van der Waals surface area contributed by atoms with Gasteiger partial charge in [0.15, 0.2) is 0 Å². The van der Waals surface area contributed by atoms with Gasteiger partial charge >= 0.3 is 11.9 Å². The van der Waals surface area contributed by atoms with Crippen LogP contribution in [0.4, 0.5) is 15.1 Å². The molecule has 1 fully saturated rings. The quantitative estimate of drug-likeness (QED) is 0.385. The fourth-order valence-electron chi connectivity index (χ4n) is 2.27. The highest BCUT2D eigenvalue weighted by molar-refractivity contribution is 6.30. The van der Waals surface area contributed by atoms with Crippen molar-refractivity contribution in [2.24, 2.45) is 0 Å². The number of imide groups is 2. The van der Waals surface area contributed by atoms with Gasteiger partial charge in [0, 0.05) is 0 Å². The molecule has 1 N–H and O–H groups in total. The van der Waals surface area contributed by atoms with E-state index in [9.17, 15) is 28.9 Å². The number of benzene rings is 1.